The molecule has 2 aromatic heterocycles. The number of rotatable bonds is 9. The van der Waals surface area contributed by atoms with Gasteiger partial charge in [-0.25, -0.2) is 4.68 Å². The summed E-state index contributed by atoms with van der Waals surface area (Å²) in [7, 11) is 0. The second-order valence-corrected chi connectivity index (χ2v) is 7.09. The number of nitrogens with zero attached hydrogens (tertiary/aromatic N) is 3. The molecule has 4 aromatic rings. The molecule has 0 aliphatic carbocycles. The highest BCUT2D eigenvalue weighted by Crippen LogP contribution is 2.21. The first-order valence-corrected chi connectivity index (χ1v) is 10.2. The van der Waals surface area contributed by atoms with Crippen molar-refractivity contribution in [3.8, 4) is 16.8 Å². The van der Waals surface area contributed by atoms with E-state index in [0.29, 0.717) is 37.6 Å². The number of carbonyl (C=O) groups excluding carboxylic acids is 1. The van der Waals surface area contributed by atoms with E-state index >= 15 is 0 Å². The normalized spacial score (nSPS) is 10.9. The quantitative estimate of drug-likeness (QED) is 0.414. The molecule has 2 aromatic carbocycles. The molecule has 0 aliphatic rings. The third kappa shape index (κ3) is 5.07. The summed E-state index contributed by atoms with van der Waals surface area (Å²) in [6.45, 7) is 3.29. The summed E-state index contributed by atoms with van der Waals surface area (Å²) in [6.07, 6.45) is 2.31. The zero-order valence-electron chi connectivity index (χ0n) is 17.3. The highest BCUT2D eigenvalue weighted by molar-refractivity contribution is 5.93. The van der Waals surface area contributed by atoms with Crippen LogP contribution in [-0.2, 0) is 11.3 Å². The van der Waals surface area contributed by atoms with Gasteiger partial charge >= 0.3 is 0 Å². The molecule has 2 heterocycles. The molecule has 0 fully saturated rings. The van der Waals surface area contributed by atoms with Crippen molar-refractivity contribution in [3.05, 3.63) is 90.1 Å². The van der Waals surface area contributed by atoms with Crippen molar-refractivity contribution < 1.29 is 13.9 Å². The Bertz CT molecular complexity index is 1100. The van der Waals surface area contributed by atoms with Gasteiger partial charge in [0.25, 0.3) is 5.91 Å². The Morgan fingerprint density at radius 2 is 1.81 bits per heavy atom. The third-order valence-electron chi connectivity index (χ3n) is 4.90. The maximum Gasteiger partial charge on any atom is 0.273 e. The molecule has 0 aliphatic heterocycles. The summed E-state index contributed by atoms with van der Waals surface area (Å²) in [5.74, 6) is 0.545. The monoisotopic (exact) mass is 416 g/mol. The number of hydrogen-bond acceptors (Lipinski definition) is 5. The number of amides is 1. The second kappa shape index (κ2) is 9.86. The molecule has 1 N–H and O–H groups in total. The van der Waals surface area contributed by atoms with E-state index in [2.05, 4.69) is 27.8 Å². The van der Waals surface area contributed by atoms with Crippen LogP contribution in [0, 0.1) is 6.92 Å². The van der Waals surface area contributed by atoms with Crippen LogP contribution in [0.2, 0.25) is 0 Å². The fourth-order valence-corrected chi connectivity index (χ4v) is 3.24. The standard InChI is InChI=1S/C24H24N4O3/c1-18-23(24(29)25-14-6-15-30-17-22-9-5-16-31-22)26-27-28(18)21-12-10-20(11-13-21)19-7-3-2-4-8-19/h2-5,7-13,16H,6,14-15,17H2,1H3,(H,25,29). The average molecular weight is 416 g/mol. The summed E-state index contributed by atoms with van der Waals surface area (Å²) in [4.78, 5) is 12.5. The van der Waals surface area contributed by atoms with Crippen molar-refractivity contribution in [1.82, 2.24) is 20.3 Å². The van der Waals surface area contributed by atoms with Gasteiger partial charge in [-0.2, -0.15) is 0 Å². The van der Waals surface area contributed by atoms with Crippen LogP contribution >= 0.6 is 0 Å². The van der Waals surface area contributed by atoms with Crippen LogP contribution in [0.1, 0.15) is 28.4 Å². The lowest BCUT2D eigenvalue weighted by atomic mass is 10.1. The lowest BCUT2D eigenvalue weighted by Gasteiger charge is -2.07. The van der Waals surface area contributed by atoms with Crippen LogP contribution in [0.5, 0.6) is 0 Å². The van der Waals surface area contributed by atoms with Crippen molar-refractivity contribution in [2.75, 3.05) is 13.2 Å². The van der Waals surface area contributed by atoms with Crippen molar-refractivity contribution in [1.29, 1.82) is 0 Å². The van der Waals surface area contributed by atoms with Crippen molar-refractivity contribution in [2.24, 2.45) is 0 Å². The fraction of sp³-hybridized carbons (Fsp3) is 0.208. The summed E-state index contributed by atoms with van der Waals surface area (Å²) < 4.78 is 12.4. The fourth-order valence-electron chi connectivity index (χ4n) is 3.24. The Kier molecular flexibility index (Phi) is 6.54. The number of carbonyl (C=O) groups is 1. The largest absolute Gasteiger partial charge is 0.467 e. The number of aromatic nitrogens is 3. The van der Waals surface area contributed by atoms with E-state index in [9.17, 15) is 4.79 Å². The van der Waals surface area contributed by atoms with E-state index in [1.807, 2.05) is 61.5 Å². The molecule has 1 amide bonds. The van der Waals surface area contributed by atoms with Crippen molar-refractivity contribution >= 4 is 5.91 Å². The number of ether oxygens (including phenoxy) is 1. The molecule has 7 nitrogen and oxygen atoms in total. The molecular weight excluding hydrogens is 392 g/mol. The number of hydrogen-bond donors (Lipinski definition) is 1. The van der Waals surface area contributed by atoms with Gasteiger partial charge in [0.2, 0.25) is 0 Å². The van der Waals surface area contributed by atoms with Gasteiger partial charge in [-0.1, -0.05) is 47.7 Å². The van der Waals surface area contributed by atoms with Gasteiger partial charge in [-0.05, 0) is 48.7 Å². The Morgan fingerprint density at radius 1 is 1.03 bits per heavy atom. The van der Waals surface area contributed by atoms with Gasteiger partial charge in [-0.15, -0.1) is 5.10 Å². The topological polar surface area (TPSA) is 82.2 Å². The predicted octanol–water partition coefficient (Wildman–Crippen LogP) is 4.17. The SMILES string of the molecule is Cc1c(C(=O)NCCCOCc2ccco2)nnn1-c1ccc(-c2ccccc2)cc1. The summed E-state index contributed by atoms with van der Waals surface area (Å²) >= 11 is 0. The number of nitrogens with one attached hydrogen (secondary N) is 1. The van der Waals surface area contributed by atoms with Gasteiger partial charge in [0.1, 0.15) is 12.4 Å². The highest BCUT2D eigenvalue weighted by atomic mass is 16.5. The van der Waals surface area contributed by atoms with Crippen LogP contribution in [0.3, 0.4) is 0 Å². The molecule has 158 valence electrons. The minimum Gasteiger partial charge on any atom is -0.467 e. The van der Waals surface area contributed by atoms with E-state index < -0.39 is 0 Å². The maximum atomic E-state index is 12.5. The zero-order valence-corrected chi connectivity index (χ0v) is 17.3. The Labute approximate surface area is 180 Å². The minimum absolute atomic E-state index is 0.240. The Balaban J connectivity index is 1.30. The first-order chi connectivity index (χ1) is 15.2. The molecule has 0 saturated carbocycles. The Morgan fingerprint density at radius 3 is 2.55 bits per heavy atom. The molecule has 0 bridgehead atoms. The smallest absolute Gasteiger partial charge is 0.273 e. The predicted molar refractivity (Wildman–Crippen MR) is 117 cm³/mol. The van der Waals surface area contributed by atoms with Crippen LogP contribution in [0.15, 0.2) is 77.4 Å². The first kappa shape index (κ1) is 20.6. The van der Waals surface area contributed by atoms with Gasteiger partial charge in [-0.3, -0.25) is 4.79 Å². The van der Waals surface area contributed by atoms with Crippen LogP contribution in [0.25, 0.3) is 16.8 Å². The molecule has 31 heavy (non-hydrogen) atoms. The van der Waals surface area contributed by atoms with E-state index in [0.717, 1.165) is 22.6 Å². The van der Waals surface area contributed by atoms with E-state index in [4.69, 9.17) is 9.15 Å². The minimum atomic E-state index is -0.240. The Hall–Kier alpha value is -3.71. The molecule has 0 atom stereocenters. The third-order valence-corrected chi connectivity index (χ3v) is 4.90. The molecule has 0 saturated heterocycles. The molecule has 0 spiro atoms. The van der Waals surface area contributed by atoms with E-state index in [-0.39, 0.29) is 5.91 Å². The van der Waals surface area contributed by atoms with Crippen LogP contribution in [0.4, 0.5) is 0 Å². The summed E-state index contributed by atoms with van der Waals surface area (Å²) in [5.41, 5.74) is 4.14. The van der Waals surface area contributed by atoms with Crippen molar-refractivity contribution in [3.63, 3.8) is 0 Å². The van der Waals surface area contributed by atoms with Crippen molar-refractivity contribution in [2.45, 2.75) is 20.0 Å². The number of benzene rings is 2. The summed E-state index contributed by atoms with van der Waals surface area (Å²) in [5, 5.41) is 11.1. The van der Waals surface area contributed by atoms with Gasteiger partial charge < -0.3 is 14.5 Å². The van der Waals surface area contributed by atoms with Gasteiger partial charge in [0.15, 0.2) is 5.69 Å². The van der Waals surface area contributed by atoms with Crippen LogP contribution in [-0.4, -0.2) is 34.1 Å². The first-order valence-electron chi connectivity index (χ1n) is 10.2. The lowest BCUT2D eigenvalue weighted by molar-refractivity contribution is 0.0912. The van der Waals surface area contributed by atoms with Gasteiger partial charge in [0.05, 0.1) is 17.6 Å². The number of furan rings is 1. The summed E-state index contributed by atoms with van der Waals surface area (Å²) in [6, 6.07) is 21.9. The zero-order chi connectivity index (χ0) is 21.5. The van der Waals surface area contributed by atoms with Crippen LogP contribution < -0.4 is 5.32 Å². The molecule has 0 radical (unpaired) electrons. The highest BCUT2D eigenvalue weighted by Gasteiger charge is 2.17. The second-order valence-electron chi connectivity index (χ2n) is 7.09. The van der Waals surface area contributed by atoms with E-state index in [1.165, 1.54) is 0 Å². The molecular formula is C24H24N4O3. The lowest BCUT2D eigenvalue weighted by Crippen LogP contribution is -2.26. The average Bonchev–Trinajstić information content (AvgIpc) is 3.46. The molecule has 0 unspecified atom stereocenters. The van der Waals surface area contributed by atoms with E-state index in [1.54, 1.807) is 10.9 Å². The van der Waals surface area contributed by atoms with Gasteiger partial charge in [0, 0.05) is 13.2 Å². The molecule has 7 heteroatoms. The molecule has 4 rings (SSSR count). The maximum absolute atomic E-state index is 12.5.